The minimum absolute atomic E-state index is 0.00188. The fraction of sp³-hybridized carbons (Fsp3) is 0.375. The van der Waals surface area contributed by atoms with Crippen molar-refractivity contribution < 1.29 is 27.5 Å². The molecule has 1 atom stereocenters. The number of amides is 2. The van der Waals surface area contributed by atoms with Gasteiger partial charge in [-0.05, 0) is 61.7 Å². The van der Waals surface area contributed by atoms with Gasteiger partial charge in [0.2, 0.25) is 11.8 Å². The summed E-state index contributed by atoms with van der Waals surface area (Å²) in [7, 11) is -1.33. The maximum atomic E-state index is 14.2. The van der Waals surface area contributed by atoms with Crippen molar-refractivity contribution in [2.45, 2.75) is 62.6 Å². The molecule has 3 aromatic carbocycles. The van der Waals surface area contributed by atoms with Crippen LogP contribution in [0.2, 0.25) is 10.0 Å². The summed E-state index contributed by atoms with van der Waals surface area (Å²) in [5, 5.41) is 3.83. The van der Waals surface area contributed by atoms with Crippen LogP contribution in [0.25, 0.3) is 0 Å². The van der Waals surface area contributed by atoms with E-state index in [-0.39, 0.29) is 34.8 Å². The van der Waals surface area contributed by atoms with Crippen LogP contribution in [0.4, 0.5) is 5.69 Å². The fourth-order valence-corrected chi connectivity index (χ4v) is 7.11. The van der Waals surface area contributed by atoms with Crippen LogP contribution >= 0.6 is 23.2 Å². The van der Waals surface area contributed by atoms with Crippen molar-refractivity contribution in [3.05, 3.63) is 82.3 Å². The molecule has 4 rings (SSSR count). The molecule has 236 valence electrons. The molecule has 12 heteroatoms. The third kappa shape index (κ3) is 7.97. The number of carbonyl (C=O) groups is 2. The Morgan fingerprint density at radius 2 is 1.61 bits per heavy atom. The predicted octanol–water partition coefficient (Wildman–Crippen LogP) is 6.07. The number of benzene rings is 3. The Hall–Kier alpha value is -3.47. The number of carbonyl (C=O) groups excluding carboxylic acids is 2. The Labute approximate surface area is 269 Å². The smallest absolute Gasteiger partial charge is 0.264 e. The summed E-state index contributed by atoms with van der Waals surface area (Å²) < 4.78 is 39.8. The van der Waals surface area contributed by atoms with Crippen LogP contribution < -0.4 is 19.1 Å². The Morgan fingerprint density at radius 3 is 2.25 bits per heavy atom. The first kappa shape index (κ1) is 33.4. The van der Waals surface area contributed by atoms with Crippen LogP contribution in [0, 0.1) is 0 Å². The molecule has 1 aliphatic rings. The Morgan fingerprint density at radius 1 is 0.932 bits per heavy atom. The van der Waals surface area contributed by atoms with Crippen LogP contribution in [0.1, 0.15) is 44.6 Å². The standard InChI is InChI=1S/C32H37Cl2N3O6S/c1-22(32(39)35-25-10-6-4-7-11-25)36(20-23-14-15-24(33)18-28(23)34)31(38)21-37(44(40,41)27-12-8-5-9-13-27)26-16-17-29(42-2)30(19-26)43-3/h5,8-9,12-19,22,25H,4,6-7,10-11,20-21H2,1-3H3,(H,35,39)/t22-/m1/s1. The van der Waals surface area contributed by atoms with E-state index in [0.29, 0.717) is 21.4 Å². The predicted molar refractivity (Wildman–Crippen MR) is 172 cm³/mol. The highest BCUT2D eigenvalue weighted by molar-refractivity contribution is 7.92. The van der Waals surface area contributed by atoms with Gasteiger partial charge in [-0.15, -0.1) is 0 Å². The van der Waals surface area contributed by atoms with Gasteiger partial charge >= 0.3 is 0 Å². The minimum atomic E-state index is -4.24. The molecule has 44 heavy (non-hydrogen) atoms. The number of nitrogens with one attached hydrogen (secondary N) is 1. The lowest BCUT2D eigenvalue weighted by Gasteiger charge is -2.33. The van der Waals surface area contributed by atoms with Crippen LogP contribution in [0.15, 0.2) is 71.6 Å². The van der Waals surface area contributed by atoms with Gasteiger partial charge in [0.15, 0.2) is 11.5 Å². The monoisotopic (exact) mass is 661 g/mol. The van der Waals surface area contributed by atoms with E-state index in [1.807, 2.05) is 0 Å². The molecule has 1 aliphatic carbocycles. The molecule has 3 aromatic rings. The second kappa shape index (κ2) is 15.0. The lowest BCUT2D eigenvalue weighted by atomic mass is 9.95. The topological polar surface area (TPSA) is 105 Å². The van der Waals surface area contributed by atoms with E-state index < -0.39 is 28.5 Å². The zero-order valence-corrected chi connectivity index (χ0v) is 27.3. The molecule has 1 saturated carbocycles. The van der Waals surface area contributed by atoms with Gasteiger partial charge in [0.25, 0.3) is 10.0 Å². The van der Waals surface area contributed by atoms with Gasteiger partial charge in [-0.3, -0.25) is 13.9 Å². The second-order valence-corrected chi connectivity index (χ2v) is 13.3. The van der Waals surface area contributed by atoms with Gasteiger partial charge in [-0.2, -0.15) is 0 Å². The average molecular weight is 663 g/mol. The van der Waals surface area contributed by atoms with Gasteiger partial charge in [0.05, 0.1) is 24.8 Å². The number of anilines is 1. The fourth-order valence-electron chi connectivity index (χ4n) is 5.21. The van der Waals surface area contributed by atoms with Crippen molar-refractivity contribution in [2.24, 2.45) is 0 Å². The number of ether oxygens (including phenoxy) is 2. The van der Waals surface area contributed by atoms with E-state index in [1.165, 1.54) is 43.4 Å². The summed E-state index contributed by atoms with van der Waals surface area (Å²) in [6.45, 7) is 0.991. The van der Waals surface area contributed by atoms with Gasteiger partial charge in [-0.25, -0.2) is 8.42 Å². The Bertz CT molecular complexity index is 1570. The zero-order chi connectivity index (χ0) is 31.9. The highest BCUT2D eigenvalue weighted by Crippen LogP contribution is 2.34. The van der Waals surface area contributed by atoms with Crippen LogP contribution in [-0.2, 0) is 26.2 Å². The number of methoxy groups -OCH3 is 2. The van der Waals surface area contributed by atoms with E-state index in [9.17, 15) is 18.0 Å². The van der Waals surface area contributed by atoms with E-state index in [4.69, 9.17) is 32.7 Å². The number of hydrogen-bond acceptors (Lipinski definition) is 6. The molecule has 0 spiro atoms. The molecule has 0 aromatic heterocycles. The van der Waals surface area contributed by atoms with Gasteiger partial charge < -0.3 is 19.7 Å². The summed E-state index contributed by atoms with van der Waals surface area (Å²) in [5.74, 6) is -0.238. The van der Waals surface area contributed by atoms with Crippen LogP contribution in [0.5, 0.6) is 11.5 Å². The maximum Gasteiger partial charge on any atom is 0.264 e. The highest BCUT2D eigenvalue weighted by atomic mass is 35.5. The van der Waals surface area contributed by atoms with Gasteiger partial charge in [-0.1, -0.05) is 66.7 Å². The third-order valence-electron chi connectivity index (χ3n) is 7.74. The lowest BCUT2D eigenvalue weighted by Crippen LogP contribution is -2.53. The van der Waals surface area contributed by atoms with Crippen LogP contribution in [-0.4, -0.2) is 58.0 Å². The third-order valence-corrected chi connectivity index (χ3v) is 10.1. The summed E-state index contributed by atoms with van der Waals surface area (Å²) >= 11 is 12.6. The minimum Gasteiger partial charge on any atom is -0.493 e. The molecule has 0 unspecified atom stereocenters. The first-order valence-electron chi connectivity index (χ1n) is 14.4. The van der Waals surface area contributed by atoms with Crippen molar-refractivity contribution in [1.82, 2.24) is 10.2 Å². The molecule has 9 nitrogen and oxygen atoms in total. The largest absolute Gasteiger partial charge is 0.493 e. The molecule has 2 amide bonds. The molecular formula is C32H37Cl2N3O6S. The molecule has 1 fully saturated rings. The van der Waals surface area contributed by atoms with Gasteiger partial charge in [0, 0.05) is 28.7 Å². The van der Waals surface area contributed by atoms with Crippen LogP contribution in [0.3, 0.4) is 0 Å². The van der Waals surface area contributed by atoms with E-state index in [1.54, 1.807) is 49.4 Å². The van der Waals surface area contributed by atoms with E-state index in [2.05, 4.69) is 5.32 Å². The van der Waals surface area contributed by atoms with Crippen molar-refractivity contribution in [2.75, 3.05) is 25.1 Å². The van der Waals surface area contributed by atoms with Crippen molar-refractivity contribution >= 4 is 50.7 Å². The molecule has 0 radical (unpaired) electrons. The number of nitrogens with zero attached hydrogens (tertiary/aromatic N) is 2. The lowest BCUT2D eigenvalue weighted by molar-refractivity contribution is -0.139. The number of halogens is 2. The Balaban J connectivity index is 1.73. The summed E-state index contributed by atoms with van der Waals surface area (Å²) in [4.78, 5) is 29.1. The van der Waals surface area contributed by atoms with Crippen molar-refractivity contribution in [3.8, 4) is 11.5 Å². The average Bonchev–Trinajstić information content (AvgIpc) is 3.03. The summed E-state index contributed by atoms with van der Waals surface area (Å²) in [6.07, 6.45) is 4.93. The number of hydrogen-bond donors (Lipinski definition) is 1. The molecular weight excluding hydrogens is 625 g/mol. The number of rotatable bonds is 12. The second-order valence-electron chi connectivity index (χ2n) is 10.6. The maximum absolute atomic E-state index is 14.2. The van der Waals surface area contributed by atoms with E-state index in [0.717, 1.165) is 36.4 Å². The molecule has 0 heterocycles. The van der Waals surface area contributed by atoms with E-state index >= 15 is 0 Å². The van der Waals surface area contributed by atoms with Crippen molar-refractivity contribution in [1.29, 1.82) is 0 Å². The van der Waals surface area contributed by atoms with Gasteiger partial charge in [0.1, 0.15) is 12.6 Å². The Kier molecular flexibility index (Phi) is 11.4. The SMILES string of the molecule is COc1ccc(N(CC(=O)N(Cc2ccc(Cl)cc2Cl)[C@H](C)C(=O)NC2CCCCC2)S(=O)(=O)c2ccccc2)cc1OC. The highest BCUT2D eigenvalue weighted by Gasteiger charge is 2.34. The quantitative estimate of drug-likeness (QED) is 0.253. The first-order valence-corrected chi connectivity index (χ1v) is 16.6. The summed E-state index contributed by atoms with van der Waals surface area (Å²) in [6, 6.07) is 16.4. The molecule has 0 bridgehead atoms. The zero-order valence-electron chi connectivity index (χ0n) is 25.0. The molecule has 1 N–H and O–H groups in total. The molecule has 0 aliphatic heterocycles. The first-order chi connectivity index (χ1) is 21.0. The van der Waals surface area contributed by atoms with Crippen molar-refractivity contribution in [3.63, 3.8) is 0 Å². The normalized spacial score (nSPS) is 14.4. The summed E-state index contributed by atoms with van der Waals surface area (Å²) in [5.41, 5.74) is 0.744. The molecule has 0 saturated heterocycles. The number of sulfonamides is 1.